The summed E-state index contributed by atoms with van der Waals surface area (Å²) in [5.41, 5.74) is -0.856. The van der Waals surface area contributed by atoms with E-state index >= 15 is 0 Å². The van der Waals surface area contributed by atoms with Crippen LogP contribution in [-0.4, -0.2) is 62.4 Å². The lowest BCUT2D eigenvalue weighted by Gasteiger charge is -2.45. The minimum atomic E-state index is -0.602. The van der Waals surface area contributed by atoms with Crippen LogP contribution < -0.4 is 5.32 Å². The fraction of sp³-hybridized carbons (Fsp3) is 0.933. The van der Waals surface area contributed by atoms with Crippen molar-refractivity contribution in [2.45, 2.75) is 51.2 Å². The Morgan fingerprint density at radius 2 is 2.10 bits per heavy atom. The molecule has 1 N–H and O–H groups in total. The number of likely N-dealkylation sites (N-methyl/N-ethyl adjacent to an activating group) is 1. The largest absolute Gasteiger partial charge is 0.465 e. The highest BCUT2D eigenvalue weighted by Crippen LogP contribution is 2.35. The summed E-state index contributed by atoms with van der Waals surface area (Å²) in [6.07, 6.45) is 2.24. The molecule has 5 heteroatoms. The summed E-state index contributed by atoms with van der Waals surface area (Å²) < 4.78 is 11.2. The third-order valence-electron chi connectivity index (χ3n) is 4.09. The summed E-state index contributed by atoms with van der Waals surface area (Å²) in [6.45, 7) is 8.70. The van der Waals surface area contributed by atoms with Crippen molar-refractivity contribution in [2.75, 3.05) is 40.4 Å². The Bertz CT molecular complexity index is 322. The van der Waals surface area contributed by atoms with Crippen LogP contribution in [-0.2, 0) is 14.3 Å². The quantitative estimate of drug-likeness (QED) is 0.717. The minimum absolute atomic E-state index is 0.137. The van der Waals surface area contributed by atoms with Gasteiger partial charge in [-0.25, -0.2) is 0 Å². The molecule has 0 amide bonds. The van der Waals surface area contributed by atoms with Gasteiger partial charge in [-0.1, -0.05) is 6.92 Å². The van der Waals surface area contributed by atoms with Gasteiger partial charge in [-0.3, -0.25) is 4.79 Å². The highest BCUT2D eigenvalue weighted by molar-refractivity contribution is 5.81. The molecular formula is C15H30N2O3. The van der Waals surface area contributed by atoms with E-state index < -0.39 is 5.54 Å². The summed E-state index contributed by atoms with van der Waals surface area (Å²) in [6, 6.07) is 0. The van der Waals surface area contributed by atoms with Gasteiger partial charge in [-0.2, -0.15) is 0 Å². The maximum absolute atomic E-state index is 12.4. The van der Waals surface area contributed by atoms with Crippen LogP contribution in [0.15, 0.2) is 0 Å². The molecule has 5 nitrogen and oxygen atoms in total. The van der Waals surface area contributed by atoms with Gasteiger partial charge in [0.2, 0.25) is 0 Å². The normalized spacial score (nSPS) is 30.5. The van der Waals surface area contributed by atoms with Crippen molar-refractivity contribution < 1.29 is 14.3 Å². The topological polar surface area (TPSA) is 50.8 Å². The lowest BCUT2D eigenvalue weighted by molar-refractivity contribution is -0.166. The van der Waals surface area contributed by atoms with E-state index in [1.807, 2.05) is 21.0 Å². The SMILES string of the molecule is CCOC(=O)C1(NCCN(C)C)CCOC(C)(CC)C1. The van der Waals surface area contributed by atoms with Crippen molar-refractivity contribution in [1.82, 2.24) is 10.2 Å². The number of nitrogens with zero attached hydrogens (tertiary/aromatic N) is 1. The molecule has 1 fully saturated rings. The van der Waals surface area contributed by atoms with Gasteiger partial charge in [0, 0.05) is 26.1 Å². The highest BCUT2D eigenvalue weighted by Gasteiger charge is 2.48. The second kappa shape index (κ2) is 7.38. The standard InChI is InChI=1S/C15H30N2O3/c1-6-14(3)12-15(8-11-20-14,13(18)19-7-2)16-9-10-17(4)5/h16H,6-12H2,1-5H3. The zero-order valence-corrected chi connectivity index (χ0v) is 13.6. The van der Waals surface area contributed by atoms with Crippen molar-refractivity contribution in [3.8, 4) is 0 Å². The predicted molar refractivity (Wildman–Crippen MR) is 79.8 cm³/mol. The number of hydrogen-bond donors (Lipinski definition) is 1. The molecule has 0 aromatic rings. The first kappa shape index (κ1) is 17.4. The first-order chi connectivity index (χ1) is 9.37. The number of ether oxygens (including phenoxy) is 2. The van der Waals surface area contributed by atoms with Gasteiger partial charge < -0.3 is 19.7 Å². The molecule has 20 heavy (non-hydrogen) atoms. The number of rotatable bonds is 7. The van der Waals surface area contributed by atoms with Crippen molar-refractivity contribution in [3.05, 3.63) is 0 Å². The number of carbonyl (C=O) groups is 1. The summed E-state index contributed by atoms with van der Waals surface area (Å²) in [5, 5.41) is 3.44. The van der Waals surface area contributed by atoms with E-state index in [0.29, 0.717) is 26.1 Å². The Morgan fingerprint density at radius 1 is 1.40 bits per heavy atom. The van der Waals surface area contributed by atoms with Gasteiger partial charge in [0.1, 0.15) is 5.54 Å². The van der Waals surface area contributed by atoms with E-state index in [1.54, 1.807) is 0 Å². The molecule has 2 atom stereocenters. The summed E-state index contributed by atoms with van der Waals surface area (Å²) in [7, 11) is 4.05. The maximum Gasteiger partial charge on any atom is 0.326 e. The van der Waals surface area contributed by atoms with E-state index in [-0.39, 0.29) is 11.6 Å². The van der Waals surface area contributed by atoms with Crippen LogP contribution in [0.4, 0.5) is 0 Å². The van der Waals surface area contributed by atoms with Crippen molar-refractivity contribution in [2.24, 2.45) is 0 Å². The van der Waals surface area contributed by atoms with Crippen LogP contribution in [0.25, 0.3) is 0 Å². The lowest BCUT2D eigenvalue weighted by atomic mass is 9.79. The molecule has 0 aliphatic carbocycles. The molecule has 1 rings (SSSR count). The Balaban J connectivity index is 2.80. The fourth-order valence-electron chi connectivity index (χ4n) is 2.66. The van der Waals surface area contributed by atoms with Crippen LogP contribution in [0.1, 0.15) is 40.0 Å². The number of nitrogens with one attached hydrogen (secondary N) is 1. The monoisotopic (exact) mass is 286 g/mol. The van der Waals surface area contributed by atoms with Crippen molar-refractivity contribution in [1.29, 1.82) is 0 Å². The molecule has 1 heterocycles. The van der Waals surface area contributed by atoms with Gasteiger partial charge in [0.15, 0.2) is 0 Å². The number of carbonyl (C=O) groups excluding carboxylic acids is 1. The molecular weight excluding hydrogens is 256 g/mol. The van der Waals surface area contributed by atoms with Crippen molar-refractivity contribution in [3.63, 3.8) is 0 Å². The smallest absolute Gasteiger partial charge is 0.326 e. The molecule has 1 aliphatic heterocycles. The molecule has 2 unspecified atom stereocenters. The first-order valence-corrected chi connectivity index (χ1v) is 7.58. The van der Waals surface area contributed by atoms with Crippen molar-refractivity contribution >= 4 is 5.97 Å². The van der Waals surface area contributed by atoms with Crippen LogP contribution in [0.5, 0.6) is 0 Å². The summed E-state index contributed by atoms with van der Waals surface area (Å²) >= 11 is 0. The molecule has 0 bridgehead atoms. The Morgan fingerprint density at radius 3 is 2.65 bits per heavy atom. The number of hydrogen-bond acceptors (Lipinski definition) is 5. The predicted octanol–water partition coefficient (Wildman–Crippen LogP) is 1.42. The lowest BCUT2D eigenvalue weighted by Crippen LogP contribution is -2.61. The van der Waals surface area contributed by atoms with Crippen LogP contribution in [0.3, 0.4) is 0 Å². The van der Waals surface area contributed by atoms with E-state index in [1.165, 1.54) is 0 Å². The average molecular weight is 286 g/mol. The van der Waals surface area contributed by atoms with E-state index in [2.05, 4.69) is 24.1 Å². The van der Waals surface area contributed by atoms with Crippen LogP contribution in [0.2, 0.25) is 0 Å². The summed E-state index contributed by atoms with van der Waals surface area (Å²) in [5.74, 6) is -0.137. The first-order valence-electron chi connectivity index (χ1n) is 7.58. The average Bonchev–Trinajstić information content (AvgIpc) is 2.38. The molecule has 1 aliphatic rings. The Labute approximate surface area is 123 Å². The zero-order valence-electron chi connectivity index (χ0n) is 13.6. The van der Waals surface area contributed by atoms with E-state index in [0.717, 1.165) is 19.5 Å². The molecule has 0 saturated carbocycles. The summed E-state index contributed by atoms with van der Waals surface area (Å²) in [4.78, 5) is 14.5. The molecule has 0 radical (unpaired) electrons. The molecule has 0 aromatic carbocycles. The minimum Gasteiger partial charge on any atom is -0.465 e. The van der Waals surface area contributed by atoms with Crippen LogP contribution in [0, 0.1) is 0 Å². The Kier molecular flexibility index (Phi) is 6.43. The second-order valence-corrected chi connectivity index (χ2v) is 6.11. The van der Waals surface area contributed by atoms with Crippen LogP contribution >= 0.6 is 0 Å². The highest BCUT2D eigenvalue weighted by atomic mass is 16.5. The van der Waals surface area contributed by atoms with Gasteiger partial charge in [-0.05, 0) is 40.8 Å². The molecule has 118 valence electrons. The molecule has 0 aromatic heterocycles. The zero-order chi connectivity index (χ0) is 15.2. The molecule has 1 saturated heterocycles. The van der Waals surface area contributed by atoms with E-state index in [4.69, 9.17) is 9.47 Å². The van der Waals surface area contributed by atoms with Gasteiger partial charge >= 0.3 is 5.97 Å². The maximum atomic E-state index is 12.4. The van der Waals surface area contributed by atoms with E-state index in [9.17, 15) is 4.79 Å². The van der Waals surface area contributed by atoms with Gasteiger partial charge in [0.25, 0.3) is 0 Å². The number of esters is 1. The Hall–Kier alpha value is -0.650. The van der Waals surface area contributed by atoms with Gasteiger partial charge in [-0.15, -0.1) is 0 Å². The fourth-order valence-corrected chi connectivity index (χ4v) is 2.66. The molecule has 0 spiro atoms. The van der Waals surface area contributed by atoms with Gasteiger partial charge in [0.05, 0.1) is 12.2 Å². The second-order valence-electron chi connectivity index (χ2n) is 6.11. The third-order valence-corrected chi connectivity index (χ3v) is 4.09. The third kappa shape index (κ3) is 4.43.